The van der Waals surface area contributed by atoms with E-state index >= 15 is 0 Å². The summed E-state index contributed by atoms with van der Waals surface area (Å²) < 4.78 is 0. The lowest BCUT2D eigenvalue weighted by Gasteiger charge is -2.09. The van der Waals surface area contributed by atoms with Gasteiger partial charge in [0.05, 0.1) is 0 Å². The molecule has 2 N–H and O–H groups in total. The first kappa shape index (κ1) is 11.7. The van der Waals surface area contributed by atoms with Gasteiger partial charge in [-0.15, -0.1) is 15.0 Å². The van der Waals surface area contributed by atoms with Crippen LogP contribution in [0.2, 0.25) is 0 Å². The van der Waals surface area contributed by atoms with Crippen LogP contribution in [0.25, 0.3) is 27.5 Å². The molecule has 5 nitrogen and oxygen atoms in total. The van der Waals surface area contributed by atoms with Gasteiger partial charge in [-0.1, -0.05) is 36.4 Å². The Hall–Kier alpha value is -3.08. The van der Waals surface area contributed by atoms with Gasteiger partial charge in [0.2, 0.25) is 0 Å². The van der Waals surface area contributed by atoms with Crippen molar-refractivity contribution < 1.29 is 10.2 Å². The molecule has 1 heterocycles. The Morgan fingerprint density at radius 1 is 0.810 bits per heavy atom. The number of rotatable bonds is 1. The molecule has 0 bridgehead atoms. The molecule has 0 atom stereocenters. The molecule has 21 heavy (non-hydrogen) atoms. The van der Waals surface area contributed by atoms with Gasteiger partial charge in [-0.25, -0.2) is 0 Å². The quantitative estimate of drug-likeness (QED) is 0.525. The van der Waals surface area contributed by atoms with E-state index in [-0.39, 0.29) is 11.5 Å². The van der Waals surface area contributed by atoms with Gasteiger partial charge < -0.3 is 10.2 Å². The second-order valence-electron chi connectivity index (χ2n) is 4.79. The van der Waals surface area contributed by atoms with Crippen LogP contribution in [0.4, 0.5) is 0 Å². The van der Waals surface area contributed by atoms with Crippen LogP contribution in [0.1, 0.15) is 0 Å². The Balaban J connectivity index is 2.11. The number of phenolic OH excluding ortho intramolecular Hbond substituents is 2. The zero-order valence-corrected chi connectivity index (χ0v) is 10.9. The molecule has 4 rings (SSSR count). The van der Waals surface area contributed by atoms with Gasteiger partial charge in [-0.3, -0.25) is 0 Å². The molecule has 0 unspecified atom stereocenters. The fraction of sp³-hybridized carbons (Fsp3) is 0. The maximum Gasteiger partial charge on any atom is 0.186 e. The van der Waals surface area contributed by atoms with Crippen molar-refractivity contribution in [2.24, 2.45) is 0 Å². The third-order valence-corrected chi connectivity index (χ3v) is 3.46. The molecule has 102 valence electrons. The van der Waals surface area contributed by atoms with Crippen molar-refractivity contribution in [1.29, 1.82) is 0 Å². The maximum absolute atomic E-state index is 10.2. The molecule has 0 fully saturated rings. The van der Waals surface area contributed by atoms with Crippen LogP contribution in [0.3, 0.4) is 0 Å². The predicted octanol–water partition coefficient (Wildman–Crippen LogP) is 2.98. The van der Waals surface area contributed by atoms with Crippen molar-refractivity contribution in [3.8, 4) is 17.2 Å². The van der Waals surface area contributed by atoms with E-state index in [0.717, 1.165) is 21.8 Å². The highest BCUT2D eigenvalue weighted by molar-refractivity contribution is 5.94. The number of hydrogen-bond acceptors (Lipinski definition) is 4. The van der Waals surface area contributed by atoms with E-state index in [0.29, 0.717) is 5.69 Å². The molecular formula is C16H11N3O2. The van der Waals surface area contributed by atoms with Gasteiger partial charge in [0.25, 0.3) is 0 Å². The Bertz CT molecular complexity index is 943. The second-order valence-corrected chi connectivity index (χ2v) is 4.79. The highest BCUT2D eigenvalue weighted by atomic mass is 16.3. The standard InChI is InChI=1S/C16H11N3O2/c20-14-9-10-5-1-2-6-11(10)15(16(14)21)19-17-12-7-3-4-8-13(12)18-19/h1-9,20-21H. The van der Waals surface area contributed by atoms with Crippen LogP contribution in [0, 0.1) is 0 Å². The van der Waals surface area contributed by atoms with Gasteiger partial charge in [0, 0.05) is 5.39 Å². The highest BCUT2D eigenvalue weighted by Crippen LogP contribution is 2.38. The van der Waals surface area contributed by atoms with E-state index in [1.807, 2.05) is 48.5 Å². The second kappa shape index (κ2) is 4.21. The van der Waals surface area contributed by atoms with Crippen molar-refractivity contribution in [2.75, 3.05) is 0 Å². The molecule has 3 aromatic carbocycles. The smallest absolute Gasteiger partial charge is 0.186 e. The summed E-state index contributed by atoms with van der Waals surface area (Å²) in [5, 5.41) is 30.5. The summed E-state index contributed by atoms with van der Waals surface area (Å²) in [5.74, 6) is -0.418. The Labute approximate surface area is 119 Å². The molecule has 0 saturated carbocycles. The summed E-state index contributed by atoms with van der Waals surface area (Å²) in [6, 6.07) is 16.4. The average molecular weight is 277 g/mol. The molecule has 0 saturated heterocycles. The summed E-state index contributed by atoms with van der Waals surface area (Å²) in [5.41, 5.74) is 1.83. The van der Waals surface area contributed by atoms with Gasteiger partial charge in [-0.05, 0) is 23.6 Å². The number of fused-ring (bicyclic) bond motifs is 2. The molecule has 0 aliphatic heterocycles. The number of aromatic hydroxyl groups is 2. The third-order valence-electron chi connectivity index (χ3n) is 3.46. The van der Waals surface area contributed by atoms with Crippen LogP contribution in [0.5, 0.6) is 11.5 Å². The zero-order valence-electron chi connectivity index (χ0n) is 10.9. The van der Waals surface area contributed by atoms with E-state index in [9.17, 15) is 10.2 Å². The SMILES string of the molecule is Oc1cc2ccccc2c(-n2nc3ccccc3n2)c1O. The van der Waals surface area contributed by atoms with E-state index < -0.39 is 0 Å². The number of phenols is 2. The molecule has 0 radical (unpaired) electrons. The van der Waals surface area contributed by atoms with Gasteiger partial charge in [0.1, 0.15) is 16.7 Å². The van der Waals surface area contributed by atoms with E-state index in [2.05, 4.69) is 10.2 Å². The first-order valence-corrected chi connectivity index (χ1v) is 6.50. The summed E-state index contributed by atoms with van der Waals surface area (Å²) in [4.78, 5) is 1.36. The van der Waals surface area contributed by atoms with E-state index in [1.165, 1.54) is 10.9 Å². The average Bonchev–Trinajstić information content (AvgIpc) is 2.92. The van der Waals surface area contributed by atoms with Crippen molar-refractivity contribution in [1.82, 2.24) is 15.0 Å². The monoisotopic (exact) mass is 277 g/mol. The fourth-order valence-electron chi connectivity index (χ4n) is 2.47. The van der Waals surface area contributed by atoms with Gasteiger partial charge >= 0.3 is 0 Å². The Morgan fingerprint density at radius 2 is 1.43 bits per heavy atom. The molecular weight excluding hydrogens is 266 g/mol. The predicted molar refractivity (Wildman–Crippen MR) is 79.7 cm³/mol. The van der Waals surface area contributed by atoms with Crippen LogP contribution >= 0.6 is 0 Å². The third kappa shape index (κ3) is 1.71. The van der Waals surface area contributed by atoms with Crippen LogP contribution < -0.4 is 0 Å². The van der Waals surface area contributed by atoms with E-state index in [1.54, 1.807) is 0 Å². The minimum Gasteiger partial charge on any atom is -0.504 e. The van der Waals surface area contributed by atoms with Crippen molar-refractivity contribution in [2.45, 2.75) is 0 Å². The number of aromatic nitrogens is 3. The number of nitrogens with zero attached hydrogens (tertiary/aromatic N) is 3. The van der Waals surface area contributed by atoms with Crippen LogP contribution in [-0.2, 0) is 0 Å². The summed E-state index contributed by atoms with van der Waals surface area (Å²) >= 11 is 0. The molecule has 4 aromatic rings. The normalized spacial score (nSPS) is 11.2. The lowest BCUT2D eigenvalue weighted by Crippen LogP contribution is -2.00. The molecule has 1 aromatic heterocycles. The van der Waals surface area contributed by atoms with Crippen LogP contribution in [0.15, 0.2) is 54.6 Å². The Morgan fingerprint density at radius 3 is 2.14 bits per heavy atom. The number of hydrogen-bond donors (Lipinski definition) is 2. The lowest BCUT2D eigenvalue weighted by atomic mass is 10.1. The molecule has 0 aliphatic rings. The van der Waals surface area contributed by atoms with Gasteiger partial charge in [0.15, 0.2) is 11.5 Å². The fourth-order valence-corrected chi connectivity index (χ4v) is 2.47. The summed E-state index contributed by atoms with van der Waals surface area (Å²) in [6.45, 7) is 0. The van der Waals surface area contributed by atoms with Crippen molar-refractivity contribution in [3.63, 3.8) is 0 Å². The zero-order chi connectivity index (χ0) is 14.4. The number of benzene rings is 3. The largest absolute Gasteiger partial charge is 0.504 e. The minimum absolute atomic E-state index is 0.190. The van der Waals surface area contributed by atoms with Crippen molar-refractivity contribution in [3.05, 3.63) is 54.6 Å². The minimum atomic E-state index is -0.228. The first-order chi connectivity index (χ1) is 10.2. The van der Waals surface area contributed by atoms with E-state index in [4.69, 9.17) is 0 Å². The first-order valence-electron chi connectivity index (χ1n) is 6.50. The summed E-state index contributed by atoms with van der Waals surface area (Å²) in [7, 11) is 0. The highest BCUT2D eigenvalue weighted by Gasteiger charge is 2.16. The molecule has 0 aliphatic carbocycles. The molecule has 0 amide bonds. The maximum atomic E-state index is 10.2. The van der Waals surface area contributed by atoms with Crippen molar-refractivity contribution >= 4 is 21.8 Å². The molecule has 0 spiro atoms. The topological polar surface area (TPSA) is 71.2 Å². The van der Waals surface area contributed by atoms with Crippen LogP contribution in [-0.4, -0.2) is 25.2 Å². The van der Waals surface area contributed by atoms with Gasteiger partial charge in [-0.2, -0.15) is 0 Å². The summed E-state index contributed by atoms with van der Waals surface area (Å²) in [6.07, 6.45) is 0. The molecule has 5 heteroatoms. The Kier molecular flexibility index (Phi) is 2.35. The lowest BCUT2D eigenvalue weighted by molar-refractivity contribution is 0.401.